The first kappa shape index (κ1) is 13.7. The monoisotopic (exact) mass is 256 g/mol. The van der Waals surface area contributed by atoms with Gasteiger partial charge in [0.15, 0.2) is 5.84 Å². The van der Waals surface area contributed by atoms with Crippen LogP contribution in [0.1, 0.15) is 15.9 Å². The van der Waals surface area contributed by atoms with Gasteiger partial charge >= 0.3 is 5.97 Å². The predicted molar refractivity (Wildman–Crippen MR) is 66.7 cm³/mol. The lowest BCUT2D eigenvalue weighted by molar-refractivity contribution is 0.0696. The van der Waals surface area contributed by atoms with E-state index in [9.17, 15) is 4.79 Å². The molecule has 0 amide bonds. The van der Waals surface area contributed by atoms with Crippen LogP contribution in [0, 0.1) is 28.1 Å². The third-order valence-electron chi connectivity index (χ3n) is 2.03. The molecule has 0 atom stereocenters. The van der Waals surface area contributed by atoms with Crippen LogP contribution in [0.15, 0.2) is 23.3 Å². The van der Waals surface area contributed by atoms with Gasteiger partial charge in [0.1, 0.15) is 12.1 Å². The fourth-order valence-corrected chi connectivity index (χ4v) is 1.16. The first-order chi connectivity index (χ1) is 8.99. The van der Waals surface area contributed by atoms with E-state index in [1.165, 1.54) is 18.2 Å². The van der Waals surface area contributed by atoms with Gasteiger partial charge < -0.3 is 10.8 Å². The molecule has 0 spiro atoms. The van der Waals surface area contributed by atoms with E-state index in [2.05, 4.69) is 10.5 Å². The third kappa shape index (κ3) is 3.28. The summed E-state index contributed by atoms with van der Waals surface area (Å²) in [6.45, 7) is 0. The van der Waals surface area contributed by atoms with Gasteiger partial charge in [0.2, 0.25) is 5.71 Å². The molecular formula is C11H8N6O2. The Bertz CT molecular complexity index is 650. The van der Waals surface area contributed by atoms with E-state index < -0.39 is 11.8 Å². The van der Waals surface area contributed by atoms with Gasteiger partial charge in [-0.1, -0.05) is 0 Å². The molecule has 0 heterocycles. The number of aromatic carboxylic acids is 1. The van der Waals surface area contributed by atoms with E-state index >= 15 is 0 Å². The molecule has 0 radical (unpaired) electrons. The summed E-state index contributed by atoms with van der Waals surface area (Å²) < 4.78 is 0. The standard InChI is InChI=1S/C11H8N6O2/c12-4-6-3-7(1-2-8(6)11(18)19)16-17-9(5-13)10(14)15/h1-3,16H,(H3,14,15)(H,18,19)/b17-9+. The molecule has 8 nitrogen and oxygen atoms in total. The quantitative estimate of drug-likeness (QED) is 0.348. The van der Waals surface area contributed by atoms with Crippen molar-refractivity contribution < 1.29 is 9.90 Å². The van der Waals surface area contributed by atoms with Gasteiger partial charge in [-0.3, -0.25) is 10.8 Å². The van der Waals surface area contributed by atoms with Crippen molar-refractivity contribution in [2.75, 3.05) is 5.43 Å². The van der Waals surface area contributed by atoms with E-state index in [0.29, 0.717) is 5.69 Å². The van der Waals surface area contributed by atoms with Crippen molar-refractivity contribution in [2.45, 2.75) is 0 Å². The number of nitrogens with two attached hydrogens (primary N) is 1. The number of amidine groups is 1. The zero-order valence-electron chi connectivity index (χ0n) is 9.51. The lowest BCUT2D eigenvalue weighted by Gasteiger charge is -2.03. The summed E-state index contributed by atoms with van der Waals surface area (Å²) in [6, 6.07) is 7.23. The van der Waals surface area contributed by atoms with E-state index in [1.807, 2.05) is 0 Å². The Balaban J connectivity index is 3.06. The summed E-state index contributed by atoms with van der Waals surface area (Å²) in [5.41, 5.74) is 7.31. The summed E-state index contributed by atoms with van der Waals surface area (Å²) >= 11 is 0. The molecule has 94 valence electrons. The highest BCUT2D eigenvalue weighted by molar-refractivity contribution is 6.45. The minimum atomic E-state index is -1.21. The fraction of sp³-hybridized carbons (Fsp3) is 0. The SMILES string of the molecule is N#C/C(=N\Nc1ccc(C(=O)O)c(C#N)c1)C(=N)N. The fourth-order valence-electron chi connectivity index (χ4n) is 1.16. The summed E-state index contributed by atoms with van der Waals surface area (Å²) in [5, 5.41) is 36.9. The lowest BCUT2D eigenvalue weighted by atomic mass is 10.1. The van der Waals surface area contributed by atoms with Crippen molar-refractivity contribution in [1.82, 2.24) is 0 Å². The van der Waals surface area contributed by atoms with Crippen LogP contribution in [0.2, 0.25) is 0 Å². The Morgan fingerprint density at radius 1 is 1.47 bits per heavy atom. The minimum absolute atomic E-state index is 0.0472. The highest BCUT2D eigenvalue weighted by atomic mass is 16.4. The molecule has 0 unspecified atom stereocenters. The molecule has 1 rings (SSSR count). The summed E-state index contributed by atoms with van der Waals surface area (Å²) in [7, 11) is 0. The lowest BCUT2D eigenvalue weighted by Crippen LogP contribution is -2.21. The van der Waals surface area contributed by atoms with Crippen LogP contribution in [0.4, 0.5) is 5.69 Å². The number of carbonyl (C=O) groups is 1. The smallest absolute Gasteiger partial charge is 0.337 e. The molecule has 0 aromatic heterocycles. The van der Waals surface area contributed by atoms with Gasteiger partial charge in [-0.2, -0.15) is 15.6 Å². The maximum Gasteiger partial charge on any atom is 0.337 e. The molecule has 0 saturated carbocycles. The van der Waals surface area contributed by atoms with Gasteiger partial charge in [0.25, 0.3) is 0 Å². The Morgan fingerprint density at radius 3 is 2.63 bits per heavy atom. The van der Waals surface area contributed by atoms with Crippen LogP contribution in [-0.4, -0.2) is 22.6 Å². The minimum Gasteiger partial charge on any atom is -0.478 e. The highest BCUT2D eigenvalue weighted by Crippen LogP contribution is 2.15. The van der Waals surface area contributed by atoms with Crippen LogP contribution in [-0.2, 0) is 0 Å². The average molecular weight is 256 g/mol. The van der Waals surface area contributed by atoms with E-state index in [-0.39, 0.29) is 16.8 Å². The first-order valence-corrected chi connectivity index (χ1v) is 4.85. The number of carboxylic acids is 1. The number of anilines is 1. The van der Waals surface area contributed by atoms with Crippen molar-refractivity contribution in [3.8, 4) is 12.1 Å². The number of hydrogen-bond donors (Lipinski definition) is 4. The molecule has 5 N–H and O–H groups in total. The van der Waals surface area contributed by atoms with Gasteiger partial charge in [-0.05, 0) is 18.2 Å². The number of nitrogens with one attached hydrogen (secondary N) is 2. The predicted octanol–water partition coefficient (Wildman–Crippen LogP) is 0.484. The van der Waals surface area contributed by atoms with Gasteiger partial charge in [0.05, 0.1) is 16.8 Å². The van der Waals surface area contributed by atoms with Crippen molar-refractivity contribution in [2.24, 2.45) is 10.8 Å². The molecule has 0 saturated heterocycles. The molecule has 1 aromatic rings. The number of nitriles is 2. The summed E-state index contributed by atoms with van der Waals surface area (Å²) in [4.78, 5) is 10.8. The molecule has 1 aromatic carbocycles. The van der Waals surface area contributed by atoms with Crippen LogP contribution in [0.5, 0.6) is 0 Å². The van der Waals surface area contributed by atoms with Gasteiger partial charge in [0, 0.05) is 0 Å². The van der Waals surface area contributed by atoms with E-state index in [4.69, 9.17) is 26.8 Å². The second kappa shape index (κ2) is 5.80. The maximum atomic E-state index is 10.8. The molecule has 0 aliphatic rings. The van der Waals surface area contributed by atoms with Crippen LogP contribution < -0.4 is 11.2 Å². The average Bonchev–Trinajstić information content (AvgIpc) is 2.38. The summed E-state index contributed by atoms with van der Waals surface area (Å²) in [6.07, 6.45) is 0. The van der Waals surface area contributed by atoms with Crippen molar-refractivity contribution in [3.05, 3.63) is 29.3 Å². The Kier molecular flexibility index (Phi) is 4.17. The third-order valence-corrected chi connectivity index (χ3v) is 2.03. The number of rotatable bonds is 4. The zero-order valence-corrected chi connectivity index (χ0v) is 9.51. The summed E-state index contributed by atoms with van der Waals surface area (Å²) in [5.74, 6) is -1.72. The number of hydrazone groups is 1. The number of carboxylic acid groups (broad SMARTS) is 1. The Morgan fingerprint density at radius 2 is 2.16 bits per heavy atom. The molecule has 8 heteroatoms. The molecule has 0 aliphatic heterocycles. The van der Waals surface area contributed by atoms with Crippen LogP contribution in [0.3, 0.4) is 0 Å². The van der Waals surface area contributed by atoms with Gasteiger partial charge in [-0.25, -0.2) is 4.79 Å². The first-order valence-electron chi connectivity index (χ1n) is 4.85. The normalized spacial score (nSPS) is 10.1. The van der Waals surface area contributed by atoms with E-state index in [1.54, 1.807) is 12.1 Å². The van der Waals surface area contributed by atoms with Gasteiger partial charge in [-0.15, -0.1) is 0 Å². The van der Waals surface area contributed by atoms with Crippen molar-refractivity contribution in [3.63, 3.8) is 0 Å². The zero-order chi connectivity index (χ0) is 14.4. The molecule has 19 heavy (non-hydrogen) atoms. The molecular weight excluding hydrogens is 248 g/mol. The van der Waals surface area contributed by atoms with Crippen LogP contribution in [0.25, 0.3) is 0 Å². The van der Waals surface area contributed by atoms with Crippen molar-refractivity contribution in [1.29, 1.82) is 15.9 Å². The maximum absolute atomic E-state index is 10.8. The molecule has 0 aliphatic carbocycles. The molecule has 0 bridgehead atoms. The number of hydrogen-bond acceptors (Lipinski definition) is 6. The number of nitrogens with zero attached hydrogens (tertiary/aromatic N) is 3. The Labute approximate surface area is 107 Å². The van der Waals surface area contributed by atoms with Crippen LogP contribution >= 0.6 is 0 Å². The Hall–Kier alpha value is -3.39. The largest absolute Gasteiger partial charge is 0.478 e. The second-order valence-electron chi connectivity index (χ2n) is 3.28. The highest BCUT2D eigenvalue weighted by Gasteiger charge is 2.10. The second-order valence-corrected chi connectivity index (χ2v) is 3.28. The molecule has 0 fully saturated rings. The topological polar surface area (TPSA) is 159 Å². The van der Waals surface area contributed by atoms with E-state index in [0.717, 1.165) is 0 Å². The number of benzene rings is 1. The van der Waals surface area contributed by atoms with Crippen molar-refractivity contribution >= 4 is 23.2 Å².